The van der Waals surface area contributed by atoms with Crippen molar-refractivity contribution < 1.29 is 4.42 Å². The van der Waals surface area contributed by atoms with Crippen LogP contribution in [-0.2, 0) is 32.5 Å². The van der Waals surface area contributed by atoms with E-state index in [2.05, 4.69) is 212 Å². The molecular weight excluding hydrogens is 848 g/mol. The molecule has 7 aromatic rings. The minimum absolute atomic E-state index is 0.0244. The molecule has 70 heavy (non-hydrogen) atoms. The number of benzene rings is 6. The van der Waals surface area contributed by atoms with Crippen LogP contribution >= 0.6 is 0 Å². The van der Waals surface area contributed by atoms with Crippen molar-refractivity contribution in [1.29, 1.82) is 0 Å². The summed E-state index contributed by atoms with van der Waals surface area (Å²) >= 11 is 0. The highest BCUT2D eigenvalue weighted by Gasteiger charge is 2.50. The van der Waals surface area contributed by atoms with Crippen molar-refractivity contribution in [1.82, 2.24) is 0 Å². The van der Waals surface area contributed by atoms with E-state index in [0.717, 1.165) is 36.9 Å². The summed E-state index contributed by atoms with van der Waals surface area (Å²) in [7, 11) is 0. The molecule has 5 aliphatic rings. The second kappa shape index (κ2) is 14.6. The van der Waals surface area contributed by atoms with Crippen LogP contribution in [0.4, 0.5) is 34.1 Å². The monoisotopic (exact) mass is 923 g/mol. The Labute approximate surface area is 420 Å². The number of furan rings is 1. The molecule has 2 aliphatic heterocycles. The Balaban J connectivity index is 1.22. The molecule has 0 bridgehead atoms. The van der Waals surface area contributed by atoms with Crippen LogP contribution in [-0.4, -0.2) is 6.71 Å². The van der Waals surface area contributed by atoms with Gasteiger partial charge in [-0.3, -0.25) is 0 Å². The minimum atomic E-state index is -0.116. The fourth-order valence-corrected chi connectivity index (χ4v) is 14.3. The first-order valence-corrected chi connectivity index (χ1v) is 26.7. The van der Waals surface area contributed by atoms with E-state index in [-0.39, 0.29) is 39.2 Å². The van der Waals surface area contributed by atoms with Crippen molar-refractivity contribution in [3.05, 3.63) is 147 Å². The number of hydrogen-bond donors (Lipinski definition) is 0. The van der Waals surface area contributed by atoms with Crippen molar-refractivity contribution in [2.45, 2.75) is 182 Å². The zero-order valence-corrected chi connectivity index (χ0v) is 45.3. The fraction of sp³-hybridized carbons (Fsp3) is 0.424. The summed E-state index contributed by atoms with van der Waals surface area (Å²) in [5.41, 5.74) is 29.0. The highest BCUT2D eigenvalue weighted by molar-refractivity contribution is 7.00. The zero-order chi connectivity index (χ0) is 49.6. The number of anilines is 6. The van der Waals surface area contributed by atoms with Crippen molar-refractivity contribution in [2.75, 3.05) is 9.80 Å². The lowest BCUT2D eigenvalue weighted by Crippen LogP contribution is -2.61. The van der Waals surface area contributed by atoms with Crippen LogP contribution in [0, 0.1) is 27.7 Å². The van der Waals surface area contributed by atoms with Gasteiger partial charge in [-0.1, -0.05) is 126 Å². The Morgan fingerprint density at radius 1 is 0.443 bits per heavy atom. The summed E-state index contributed by atoms with van der Waals surface area (Å²) in [4.78, 5) is 5.33. The summed E-state index contributed by atoms with van der Waals surface area (Å²) < 4.78 is 7.74. The van der Waals surface area contributed by atoms with Crippen molar-refractivity contribution in [3.8, 4) is 11.1 Å². The Bertz CT molecular complexity index is 3390. The van der Waals surface area contributed by atoms with Crippen LogP contribution in [0.3, 0.4) is 0 Å². The van der Waals surface area contributed by atoms with Gasteiger partial charge in [0.05, 0.1) is 11.3 Å². The average molecular weight is 923 g/mol. The Hall–Kier alpha value is -5.48. The predicted octanol–water partition coefficient (Wildman–Crippen LogP) is 16.5. The van der Waals surface area contributed by atoms with E-state index in [1.807, 2.05) is 0 Å². The molecule has 0 spiro atoms. The molecule has 4 heteroatoms. The van der Waals surface area contributed by atoms with Gasteiger partial charge in [0.2, 0.25) is 0 Å². The third-order valence-corrected chi connectivity index (χ3v) is 19.1. The van der Waals surface area contributed by atoms with E-state index in [4.69, 9.17) is 4.42 Å². The second-order valence-corrected chi connectivity index (χ2v) is 26.8. The number of nitrogens with zero attached hydrogens (tertiary/aromatic N) is 2. The lowest BCUT2D eigenvalue weighted by molar-refractivity contribution is 0.332. The summed E-state index contributed by atoms with van der Waals surface area (Å²) in [5, 5.41) is 1.23. The van der Waals surface area contributed by atoms with Gasteiger partial charge in [-0.25, -0.2) is 0 Å². The molecule has 12 rings (SSSR count). The van der Waals surface area contributed by atoms with Crippen LogP contribution in [0.5, 0.6) is 0 Å². The molecule has 0 radical (unpaired) electrons. The van der Waals surface area contributed by atoms with Crippen molar-refractivity contribution >= 4 is 68.4 Å². The largest absolute Gasteiger partial charge is 0.468 e. The normalized spacial score (nSPS) is 20.3. The molecule has 0 unspecified atom stereocenters. The number of aryl methyl sites for hydroxylation is 4. The molecule has 3 nitrogen and oxygen atoms in total. The molecular formula is C66H75BN2O. The van der Waals surface area contributed by atoms with E-state index in [1.54, 1.807) is 0 Å². The van der Waals surface area contributed by atoms with Gasteiger partial charge in [0.25, 0.3) is 6.71 Å². The van der Waals surface area contributed by atoms with Gasteiger partial charge >= 0.3 is 0 Å². The Morgan fingerprint density at radius 3 is 1.56 bits per heavy atom. The topological polar surface area (TPSA) is 19.6 Å². The number of hydrogen-bond acceptors (Lipinski definition) is 3. The van der Waals surface area contributed by atoms with Gasteiger partial charge in [0.1, 0.15) is 5.58 Å². The molecule has 1 aromatic heterocycles. The van der Waals surface area contributed by atoms with E-state index in [9.17, 15) is 0 Å². The molecule has 0 fully saturated rings. The standard InChI is InChI=1S/C66H75BN2O/c1-38-30-54-58-55(31-38)69(52-32-42(21-20-39(52)2)57-40(3)18-17-19-41(57)4)53-36-49-48(64(11,12)27-28-65(49,13)14)35-51(53)67(58)60-59(44-34-47-50(37-56(44)70-60)66(15,16)29-26-63(47,9)10)68(54)43-22-23-45-46(33-43)62(7,8)25-24-61(45,5)6/h17-23,30-37H,24-29H2,1-16H3. The van der Waals surface area contributed by atoms with E-state index >= 15 is 0 Å². The molecule has 358 valence electrons. The van der Waals surface area contributed by atoms with Crippen LogP contribution in [0.1, 0.15) is 177 Å². The molecule has 6 aromatic carbocycles. The van der Waals surface area contributed by atoms with Gasteiger partial charge in [0.15, 0.2) is 0 Å². The number of fused-ring (bicyclic) bond motifs is 9. The third kappa shape index (κ3) is 6.45. The molecule has 3 heterocycles. The maximum absolute atomic E-state index is 7.74. The maximum atomic E-state index is 7.74. The van der Waals surface area contributed by atoms with E-state index < -0.39 is 0 Å². The summed E-state index contributed by atoms with van der Waals surface area (Å²) in [6.45, 7) is 38.6. The lowest BCUT2D eigenvalue weighted by Gasteiger charge is -2.47. The summed E-state index contributed by atoms with van der Waals surface area (Å²) in [5.74, 6) is 0. The molecule has 0 N–H and O–H groups in total. The smallest absolute Gasteiger partial charge is 0.297 e. The van der Waals surface area contributed by atoms with Crippen LogP contribution in [0.2, 0.25) is 0 Å². The highest BCUT2D eigenvalue weighted by atomic mass is 16.3. The molecule has 3 aliphatic carbocycles. The van der Waals surface area contributed by atoms with Gasteiger partial charge in [0, 0.05) is 33.8 Å². The number of rotatable bonds is 3. The molecule has 0 saturated carbocycles. The second-order valence-electron chi connectivity index (χ2n) is 26.8. The van der Waals surface area contributed by atoms with Crippen LogP contribution in [0.15, 0.2) is 95.4 Å². The summed E-state index contributed by atoms with van der Waals surface area (Å²) in [6, 6.07) is 36.7. The van der Waals surface area contributed by atoms with Crippen molar-refractivity contribution in [3.63, 3.8) is 0 Å². The van der Waals surface area contributed by atoms with E-state index in [1.165, 1.54) is 130 Å². The van der Waals surface area contributed by atoms with Gasteiger partial charge in [-0.05, 0) is 225 Å². The molecule has 0 saturated heterocycles. The quantitative estimate of drug-likeness (QED) is 0.165. The first-order chi connectivity index (χ1) is 32.8. The first-order valence-electron chi connectivity index (χ1n) is 26.7. The van der Waals surface area contributed by atoms with E-state index in [0.29, 0.717) is 0 Å². The fourth-order valence-electron chi connectivity index (χ4n) is 14.3. The van der Waals surface area contributed by atoms with Gasteiger partial charge in [-0.2, -0.15) is 0 Å². The Kier molecular flexibility index (Phi) is 9.51. The van der Waals surface area contributed by atoms with Crippen LogP contribution < -0.4 is 26.4 Å². The average Bonchev–Trinajstić information content (AvgIpc) is 3.66. The highest BCUT2D eigenvalue weighted by Crippen LogP contribution is 2.55. The minimum Gasteiger partial charge on any atom is -0.468 e. The molecule has 0 atom stereocenters. The maximum Gasteiger partial charge on any atom is 0.297 e. The first kappa shape index (κ1) is 45.6. The van der Waals surface area contributed by atoms with Crippen molar-refractivity contribution in [2.24, 2.45) is 0 Å². The predicted molar refractivity (Wildman–Crippen MR) is 300 cm³/mol. The SMILES string of the molecule is Cc1cc2c3c(c1)N(c1ccc4c(c1)C(C)(C)CCC4(C)C)c1c(oc4cc5c(cc14)C(C)(C)CCC5(C)C)B3c1cc3c(cc1N2c1cc(-c2c(C)cccc2C)ccc1C)C(C)(C)CCC3(C)C. The molecule has 0 amide bonds. The van der Waals surface area contributed by atoms with Gasteiger partial charge in [-0.15, -0.1) is 0 Å². The van der Waals surface area contributed by atoms with Crippen LogP contribution in [0.25, 0.3) is 22.1 Å². The Morgan fingerprint density at radius 2 is 0.957 bits per heavy atom. The lowest BCUT2D eigenvalue weighted by atomic mass is 9.35. The summed E-state index contributed by atoms with van der Waals surface area (Å²) in [6.07, 6.45) is 6.99. The van der Waals surface area contributed by atoms with Gasteiger partial charge < -0.3 is 14.2 Å². The third-order valence-electron chi connectivity index (χ3n) is 19.1. The zero-order valence-electron chi connectivity index (χ0n) is 45.3.